The van der Waals surface area contributed by atoms with Crippen molar-refractivity contribution in [1.82, 2.24) is 4.98 Å². The first-order valence-electron chi connectivity index (χ1n) is 6.99. The molecule has 1 N–H and O–H groups in total. The van der Waals surface area contributed by atoms with Crippen LogP contribution in [0.2, 0.25) is 0 Å². The molecule has 5 nitrogen and oxygen atoms in total. The minimum atomic E-state index is -3.99. The van der Waals surface area contributed by atoms with Crippen LogP contribution < -0.4 is 9.64 Å². The lowest BCUT2D eigenvalue weighted by Crippen LogP contribution is -2.50. The van der Waals surface area contributed by atoms with Crippen LogP contribution >= 0.6 is 0 Å². The molecule has 1 aromatic carbocycles. The van der Waals surface area contributed by atoms with Gasteiger partial charge < -0.3 is 9.84 Å². The van der Waals surface area contributed by atoms with Crippen LogP contribution in [-0.4, -0.2) is 22.1 Å². The average molecular weight is 320 g/mol. The number of aromatic nitrogens is 1. The molecule has 2 aromatic rings. The van der Waals surface area contributed by atoms with Crippen LogP contribution in [0.1, 0.15) is 24.2 Å². The van der Waals surface area contributed by atoms with Gasteiger partial charge in [0.1, 0.15) is 0 Å². The number of nitrogens with zero attached hydrogens (tertiary/aromatic N) is 2. The summed E-state index contributed by atoms with van der Waals surface area (Å²) in [7, 11) is 0. The Hall–Kier alpha value is -2.54. The van der Waals surface area contributed by atoms with Crippen molar-refractivity contribution in [3.63, 3.8) is 0 Å². The molecule has 0 fully saturated rings. The molecular formula is C16H14F2N2O3. The van der Waals surface area contributed by atoms with Crippen molar-refractivity contribution < 1.29 is 23.4 Å². The summed E-state index contributed by atoms with van der Waals surface area (Å²) >= 11 is 0. The molecule has 0 radical (unpaired) electrons. The average Bonchev–Trinajstić information content (AvgIpc) is 2.52. The third-order valence-electron chi connectivity index (χ3n) is 3.55. The summed E-state index contributed by atoms with van der Waals surface area (Å²) in [6.45, 7) is 1.38. The molecule has 1 aliphatic heterocycles. The number of aliphatic hydroxyl groups is 1. The van der Waals surface area contributed by atoms with E-state index in [1.54, 1.807) is 24.4 Å². The van der Waals surface area contributed by atoms with Gasteiger partial charge in [0.05, 0.1) is 18.3 Å². The van der Waals surface area contributed by atoms with Crippen molar-refractivity contribution in [2.24, 2.45) is 0 Å². The minimum Gasteiger partial charge on any atom is -0.423 e. The number of carbonyl (C=O) groups excluding carboxylic acids is 1. The number of carbonyl (C=O) groups is 1. The van der Waals surface area contributed by atoms with E-state index >= 15 is 0 Å². The molecule has 3 rings (SSSR count). The van der Waals surface area contributed by atoms with Gasteiger partial charge in [0, 0.05) is 18.0 Å². The molecule has 1 amide bonds. The summed E-state index contributed by atoms with van der Waals surface area (Å²) in [5.74, 6) is -1.63. The third kappa shape index (κ3) is 2.75. The number of anilines is 1. The Morgan fingerprint density at radius 1 is 1.35 bits per heavy atom. The van der Waals surface area contributed by atoms with E-state index < -0.39 is 18.1 Å². The summed E-state index contributed by atoms with van der Waals surface area (Å²) < 4.78 is 32.5. The number of pyridine rings is 1. The van der Waals surface area contributed by atoms with Gasteiger partial charge in [-0.2, -0.15) is 8.78 Å². The number of hydrogen-bond donors (Lipinski definition) is 1. The predicted octanol–water partition coefficient (Wildman–Crippen LogP) is 2.65. The highest BCUT2D eigenvalue weighted by Gasteiger charge is 2.51. The van der Waals surface area contributed by atoms with E-state index in [4.69, 9.17) is 0 Å². The molecule has 1 aromatic heterocycles. The lowest BCUT2D eigenvalue weighted by atomic mass is 10.1. The van der Waals surface area contributed by atoms with Crippen LogP contribution in [-0.2, 0) is 11.3 Å². The molecule has 1 aliphatic rings. The molecule has 0 spiro atoms. The number of para-hydroxylation sites is 1. The Kier molecular flexibility index (Phi) is 3.73. The Morgan fingerprint density at radius 3 is 2.78 bits per heavy atom. The van der Waals surface area contributed by atoms with Gasteiger partial charge in [0.15, 0.2) is 5.75 Å². The number of alkyl halides is 2. The second-order valence-corrected chi connectivity index (χ2v) is 5.24. The van der Waals surface area contributed by atoms with Gasteiger partial charge in [0.25, 0.3) is 0 Å². The highest BCUT2D eigenvalue weighted by Crippen LogP contribution is 2.44. The van der Waals surface area contributed by atoms with E-state index in [2.05, 4.69) is 9.72 Å². The molecular weight excluding hydrogens is 306 g/mol. The normalized spacial score (nSPS) is 17.4. The van der Waals surface area contributed by atoms with Crippen LogP contribution in [0.25, 0.3) is 0 Å². The zero-order valence-corrected chi connectivity index (χ0v) is 12.2. The molecule has 1 unspecified atom stereocenters. The number of rotatable bonds is 3. The SMILES string of the molecule is CC(O)c1cccc2c1OC(F)(F)C(=O)N2Cc1cccnc1. The zero-order valence-electron chi connectivity index (χ0n) is 12.2. The molecule has 120 valence electrons. The van der Waals surface area contributed by atoms with Gasteiger partial charge in [0.2, 0.25) is 0 Å². The summed E-state index contributed by atoms with van der Waals surface area (Å²) in [5.41, 5.74) is 1.00. The molecule has 1 atom stereocenters. The van der Waals surface area contributed by atoms with Gasteiger partial charge in [-0.05, 0) is 24.6 Å². The van der Waals surface area contributed by atoms with Gasteiger partial charge in [-0.3, -0.25) is 14.7 Å². The van der Waals surface area contributed by atoms with Crippen molar-refractivity contribution >= 4 is 11.6 Å². The quantitative estimate of drug-likeness (QED) is 0.944. The highest BCUT2D eigenvalue weighted by molar-refractivity contribution is 6.01. The van der Waals surface area contributed by atoms with E-state index in [1.165, 1.54) is 25.3 Å². The Bertz CT molecular complexity index is 735. The number of benzene rings is 1. The van der Waals surface area contributed by atoms with E-state index in [0.717, 1.165) is 4.90 Å². The minimum absolute atomic E-state index is 0.0676. The molecule has 0 bridgehead atoms. The largest absolute Gasteiger partial charge is 0.483 e. The molecule has 0 saturated heterocycles. The zero-order chi connectivity index (χ0) is 16.6. The topological polar surface area (TPSA) is 62.7 Å². The van der Waals surface area contributed by atoms with Crippen molar-refractivity contribution in [3.05, 3.63) is 53.9 Å². The molecule has 23 heavy (non-hydrogen) atoms. The van der Waals surface area contributed by atoms with Crippen molar-refractivity contribution in [2.45, 2.75) is 25.7 Å². The van der Waals surface area contributed by atoms with Crippen molar-refractivity contribution in [1.29, 1.82) is 0 Å². The summed E-state index contributed by atoms with van der Waals surface area (Å²) in [4.78, 5) is 16.9. The fourth-order valence-electron chi connectivity index (χ4n) is 2.46. The van der Waals surface area contributed by atoms with Crippen molar-refractivity contribution in [3.8, 4) is 5.75 Å². The summed E-state index contributed by atoms with van der Waals surface area (Å²) in [5, 5.41) is 9.75. The monoisotopic (exact) mass is 320 g/mol. The van der Waals surface area contributed by atoms with E-state index in [1.807, 2.05) is 0 Å². The Morgan fingerprint density at radius 2 is 2.13 bits per heavy atom. The number of ether oxygens (including phenoxy) is 1. The van der Waals surface area contributed by atoms with E-state index in [0.29, 0.717) is 5.56 Å². The summed E-state index contributed by atoms with van der Waals surface area (Å²) in [6.07, 6.45) is -1.94. The maximum atomic E-state index is 14.0. The van der Waals surface area contributed by atoms with E-state index in [-0.39, 0.29) is 23.5 Å². The van der Waals surface area contributed by atoms with Gasteiger partial charge >= 0.3 is 12.0 Å². The summed E-state index contributed by atoms with van der Waals surface area (Å²) in [6, 6.07) is 7.91. The van der Waals surface area contributed by atoms with E-state index in [9.17, 15) is 18.7 Å². The van der Waals surface area contributed by atoms with Crippen LogP contribution in [0.4, 0.5) is 14.5 Å². The highest BCUT2D eigenvalue weighted by atomic mass is 19.3. The van der Waals surface area contributed by atoms with Crippen LogP contribution in [0.5, 0.6) is 5.75 Å². The smallest absolute Gasteiger partial charge is 0.423 e. The number of aliphatic hydroxyl groups excluding tert-OH is 1. The standard InChI is InChI=1S/C16H14F2N2O3/c1-10(21)12-5-2-6-13-14(12)23-16(17,18)15(22)20(13)9-11-4-3-7-19-8-11/h2-8,10,21H,9H2,1H3. The first-order chi connectivity index (χ1) is 10.9. The number of hydrogen-bond acceptors (Lipinski definition) is 4. The van der Waals surface area contributed by atoms with Crippen LogP contribution in [0.15, 0.2) is 42.7 Å². The van der Waals surface area contributed by atoms with Gasteiger partial charge in [-0.1, -0.05) is 18.2 Å². The Balaban J connectivity index is 2.09. The first kappa shape index (κ1) is 15.4. The molecule has 7 heteroatoms. The maximum Gasteiger partial charge on any atom is 0.483 e. The number of amides is 1. The lowest BCUT2D eigenvalue weighted by Gasteiger charge is -2.34. The van der Waals surface area contributed by atoms with Crippen LogP contribution in [0, 0.1) is 0 Å². The van der Waals surface area contributed by atoms with Gasteiger partial charge in [-0.15, -0.1) is 0 Å². The second-order valence-electron chi connectivity index (χ2n) is 5.24. The predicted molar refractivity (Wildman–Crippen MR) is 78.1 cm³/mol. The molecule has 2 heterocycles. The van der Waals surface area contributed by atoms with Gasteiger partial charge in [-0.25, -0.2) is 0 Å². The number of fused-ring (bicyclic) bond motifs is 1. The Labute approximate surface area is 131 Å². The second kappa shape index (κ2) is 5.58. The molecule has 0 saturated carbocycles. The van der Waals surface area contributed by atoms with Crippen molar-refractivity contribution in [2.75, 3.05) is 4.90 Å². The van der Waals surface area contributed by atoms with Crippen LogP contribution in [0.3, 0.4) is 0 Å². The maximum absolute atomic E-state index is 14.0. The fourth-order valence-corrected chi connectivity index (χ4v) is 2.46. The number of halogens is 2. The lowest BCUT2D eigenvalue weighted by molar-refractivity contribution is -0.193. The third-order valence-corrected chi connectivity index (χ3v) is 3.55. The molecule has 0 aliphatic carbocycles. The first-order valence-corrected chi connectivity index (χ1v) is 6.99. The fraction of sp³-hybridized carbons (Fsp3) is 0.250.